The van der Waals surface area contributed by atoms with Crippen LogP contribution in [-0.2, 0) is 19.4 Å². The summed E-state index contributed by atoms with van der Waals surface area (Å²) in [5.74, 6) is 1.76. The summed E-state index contributed by atoms with van der Waals surface area (Å²) in [7, 11) is 0. The van der Waals surface area contributed by atoms with E-state index in [0.29, 0.717) is 12.5 Å². The average molecular weight is 227 g/mol. The van der Waals surface area contributed by atoms with E-state index in [1.165, 1.54) is 17.5 Å². The number of hydrogen-bond donors (Lipinski definition) is 1. The Balaban J connectivity index is 1.75. The second kappa shape index (κ2) is 4.34. The molecule has 1 heterocycles. The quantitative estimate of drug-likeness (QED) is 0.864. The second-order valence-electron chi connectivity index (χ2n) is 4.63. The summed E-state index contributed by atoms with van der Waals surface area (Å²) in [6, 6.07) is 8.70. The second-order valence-corrected chi connectivity index (χ2v) is 4.63. The van der Waals surface area contributed by atoms with Crippen LogP contribution in [0, 0.1) is 0 Å². The Labute approximate surface area is 101 Å². The van der Waals surface area contributed by atoms with Gasteiger partial charge in [0.25, 0.3) is 0 Å². The molecule has 2 aromatic rings. The highest BCUT2D eigenvalue weighted by molar-refractivity contribution is 5.39. The van der Waals surface area contributed by atoms with E-state index in [-0.39, 0.29) is 0 Å². The van der Waals surface area contributed by atoms with E-state index in [2.05, 4.69) is 40.0 Å². The number of benzene rings is 1. The van der Waals surface area contributed by atoms with Crippen LogP contribution in [0.15, 0.2) is 36.7 Å². The molecule has 1 atom stereocenters. The molecule has 3 rings (SSSR count). The molecular weight excluding hydrogens is 210 g/mol. The normalized spacial score (nSPS) is 17.6. The zero-order valence-electron chi connectivity index (χ0n) is 9.84. The first-order valence-electron chi connectivity index (χ1n) is 6.16. The molecule has 3 heteroatoms. The van der Waals surface area contributed by atoms with Crippen molar-refractivity contribution < 1.29 is 0 Å². The van der Waals surface area contributed by atoms with Crippen molar-refractivity contribution in [3.63, 3.8) is 0 Å². The molecule has 0 saturated heterocycles. The number of aromatic nitrogens is 2. The predicted octanol–water partition coefficient (Wildman–Crippen LogP) is 1.72. The summed E-state index contributed by atoms with van der Waals surface area (Å²) < 4.78 is 2.24. The molecule has 0 saturated carbocycles. The van der Waals surface area contributed by atoms with Crippen molar-refractivity contribution in [2.75, 3.05) is 6.54 Å². The molecule has 1 aromatic heterocycles. The summed E-state index contributed by atoms with van der Waals surface area (Å²) in [5.41, 5.74) is 8.59. The summed E-state index contributed by atoms with van der Waals surface area (Å²) in [5, 5.41) is 0. The van der Waals surface area contributed by atoms with Crippen LogP contribution < -0.4 is 5.73 Å². The van der Waals surface area contributed by atoms with Gasteiger partial charge in [-0.2, -0.15) is 0 Å². The van der Waals surface area contributed by atoms with Gasteiger partial charge in [0.2, 0.25) is 0 Å². The maximum absolute atomic E-state index is 5.59. The minimum Gasteiger partial charge on any atom is -0.334 e. The number of nitrogens with zero attached hydrogens (tertiary/aromatic N) is 2. The lowest BCUT2D eigenvalue weighted by atomic mass is 9.77. The van der Waals surface area contributed by atoms with E-state index in [4.69, 9.17) is 5.73 Å². The van der Waals surface area contributed by atoms with Gasteiger partial charge in [0.15, 0.2) is 0 Å². The molecule has 0 bridgehead atoms. The van der Waals surface area contributed by atoms with Crippen LogP contribution in [0.2, 0.25) is 0 Å². The molecule has 0 fully saturated rings. The van der Waals surface area contributed by atoms with Gasteiger partial charge in [0, 0.05) is 31.3 Å². The third kappa shape index (κ3) is 1.87. The largest absolute Gasteiger partial charge is 0.334 e. The highest BCUT2D eigenvalue weighted by Gasteiger charge is 2.25. The summed E-state index contributed by atoms with van der Waals surface area (Å²) >= 11 is 0. The van der Waals surface area contributed by atoms with Crippen LogP contribution in [0.25, 0.3) is 0 Å². The fraction of sp³-hybridized carbons (Fsp3) is 0.357. The van der Waals surface area contributed by atoms with Crippen molar-refractivity contribution in [1.82, 2.24) is 9.55 Å². The Morgan fingerprint density at radius 2 is 2.24 bits per heavy atom. The van der Waals surface area contributed by atoms with E-state index >= 15 is 0 Å². The van der Waals surface area contributed by atoms with Crippen LogP contribution in [0.1, 0.15) is 22.9 Å². The van der Waals surface area contributed by atoms with Crippen molar-refractivity contribution in [1.29, 1.82) is 0 Å². The van der Waals surface area contributed by atoms with Gasteiger partial charge in [-0.25, -0.2) is 4.98 Å². The van der Waals surface area contributed by atoms with E-state index in [1.54, 1.807) is 0 Å². The minimum atomic E-state index is 0.650. The Bertz CT molecular complexity index is 516. The molecule has 0 radical (unpaired) electrons. The number of imidazole rings is 1. The Kier molecular flexibility index (Phi) is 2.69. The van der Waals surface area contributed by atoms with Gasteiger partial charge in [0.1, 0.15) is 5.82 Å². The molecule has 0 spiro atoms. The lowest BCUT2D eigenvalue weighted by Gasteiger charge is -2.30. The van der Waals surface area contributed by atoms with Gasteiger partial charge in [0.05, 0.1) is 0 Å². The number of nitrogens with two attached hydrogens (primary N) is 1. The first-order valence-corrected chi connectivity index (χ1v) is 6.16. The van der Waals surface area contributed by atoms with Crippen molar-refractivity contribution in [3.05, 3.63) is 53.6 Å². The van der Waals surface area contributed by atoms with Gasteiger partial charge in [-0.05, 0) is 24.1 Å². The highest BCUT2D eigenvalue weighted by atomic mass is 15.1. The van der Waals surface area contributed by atoms with Crippen LogP contribution in [0.3, 0.4) is 0 Å². The number of fused-ring (bicyclic) bond motifs is 1. The van der Waals surface area contributed by atoms with Gasteiger partial charge in [-0.1, -0.05) is 24.3 Å². The van der Waals surface area contributed by atoms with Crippen molar-refractivity contribution in [3.8, 4) is 0 Å². The zero-order valence-corrected chi connectivity index (χ0v) is 9.84. The lowest BCUT2D eigenvalue weighted by molar-refractivity contribution is 0.495. The molecule has 1 aromatic carbocycles. The third-order valence-electron chi connectivity index (χ3n) is 3.55. The van der Waals surface area contributed by atoms with Crippen LogP contribution in [-0.4, -0.2) is 16.1 Å². The predicted molar refractivity (Wildman–Crippen MR) is 67.9 cm³/mol. The Morgan fingerprint density at radius 3 is 3.06 bits per heavy atom. The molecule has 88 valence electrons. The van der Waals surface area contributed by atoms with Crippen LogP contribution in [0.4, 0.5) is 0 Å². The molecule has 0 aliphatic heterocycles. The summed E-state index contributed by atoms with van der Waals surface area (Å²) in [6.07, 6.45) is 5.99. The van der Waals surface area contributed by atoms with Gasteiger partial charge in [-0.15, -0.1) is 0 Å². The van der Waals surface area contributed by atoms with Crippen molar-refractivity contribution in [2.45, 2.75) is 25.3 Å². The smallest absolute Gasteiger partial charge is 0.109 e. The average Bonchev–Trinajstić information content (AvgIpc) is 2.74. The van der Waals surface area contributed by atoms with Crippen molar-refractivity contribution in [2.24, 2.45) is 5.73 Å². The maximum Gasteiger partial charge on any atom is 0.109 e. The van der Waals surface area contributed by atoms with Crippen LogP contribution >= 0.6 is 0 Å². The molecule has 1 aliphatic rings. The Hall–Kier alpha value is -1.61. The molecule has 17 heavy (non-hydrogen) atoms. The SMILES string of the molecule is NCCc1nccn1CC1Cc2ccccc21. The van der Waals surface area contributed by atoms with E-state index in [9.17, 15) is 0 Å². The fourth-order valence-corrected chi connectivity index (χ4v) is 2.63. The molecule has 0 amide bonds. The third-order valence-corrected chi connectivity index (χ3v) is 3.55. The molecule has 3 nitrogen and oxygen atoms in total. The molecule has 1 unspecified atom stereocenters. The van der Waals surface area contributed by atoms with Gasteiger partial charge < -0.3 is 10.3 Å². The lowest BCUT2D eigenvalue weighted by Crippen LogP contribution is -2.23. The molecule has 2 N–H and O–H groups in total. The molecular formula is C14H17N3. The van der Waals surface area contributed by atoms with Gasteiger partial charge in [-0.3, -0.25) is 0 Å². The summed E-state index contributed by atoms with van der Waals surface area (Å²) in [6.45, 7) is 1.70. The van der Waals surface area contributed by atoms with Crippen LogP contribution in [0.5, 0.6) is 0 Å². The fourth-order valence-electron chi connectivity index (χ4n) is 2.63. The van der Waals surface area contributed by atoms with Crippen molar-refractivity contribution >= 4 is 0 Å². The monoisotopic (exact) mass is 227 g/mol. The Morgan fingerprint density at radius 1 is 1.35 bits per heavy atom. The van der Waals surface area contributed by atoms with E-state index in [1.807, 2.05) is 6.20 Å². The van der Waals surface area contributed by atoms with E-state index < -0.39 is 0 Å². The maximum atomic E-state index is 5.59. The van der Waals surface area contributed by atoms with Gasteiger partial charge >= 0.3 is 0 Å². The minimum absolute atomic E-state index is 0.650. The summed E-state index contributed by atoms with van der Waals surface area (Å²) in [4.78, 5) is 4.36. The number of hydrogen-bond acceptors (Lipinski definition) is 2. The highest BCUT2D eigenvalue weighted by Crippen LogP contribution is 2.36. The topological polar surface area (TPSA) is 43.8 Å². The standard InChI is InChI=1S/C14H17N3/c15-6-5-14-16-7-8-17(14)10-12-9-11-3-1-2-4-13(11)12/h1-4,7-8,12H,5-6,9-10,15H2. The van der Waals surface area contributed by atoms with E-state index in [0.717, 1.165) is 18.8 Å². The zero-order chi connectivity index (χ0) is 11.7. The number of rotatable bonds is 4. The first-order chi connectivity index (χ1) is 8.38. The molecule has 1 aliphatic carbocycles. The first kappa shape index (κ1) is 10.5.